The summed E-state index contributed by atoms with van der Waals surface area (Å²) < 4.78 is 5.73. The van der Waals surface area contributed by atoms with E-state index in [4.69, 9.17) is 16.3 Å². The Morgan fingerprint density at radius 1 is 1.39 bits per heavy atom. The summed E-state index contributed by atoms with van der Waals surface area (Å²) in [5.74, 6) is 0.604. The first-order chi connectivity index (χ1) is 8.74. The van der Waals surface area contributed by atoms with Gasteiger partial charge in [0.2, 0.25) is 4.47 Å². The van der Waals surface area contributed by atoms with E-state index in [0.717, 1.165) is 5.69 Å². The predicted molar refractivity (Wildman–Crippen MR) is 68.0 cm³/mol. The number of aromatic nitrogens is 2. The number of anilines is 1. The summed E-state index contributed by atoms with van der Waals surface area (Å²) in [6.07, 6.45) is 0. The van der Waals surface area contributed by atoms with E-state index in [0.29, 0.717) is 21.8 Å². The molecule has 0 N–H and O–H groups in total. The zero-order valence-corrected chi connectivity index (χ0v) is 10.7. The Morgan fingerprint density at radius 2 is 2.22 bits per heavy atom. The van der Waals surface area contributed by atoms with Crippen LogP contribution in [0.3, 0.4) is 0 Å². The van der Waals surface area contributed by atoms with Crippen LogP contribution in [-0.4, -0.2) is 22.7 Å². The summed E-state index contributed by atoms with van der Waals surface area (Å²) >= 11 is 7.00. The minimum absolute atomic E-state index is 0.0452. The largest absolute Gasteiger partial charge is 0.482 e. The van der Waals surface area contributed by atoms with Crippen LogP contribution in [0.1, 0.15) is 5.01 Å². The molecule has 0 saturated carbocycles. The molecule has 1 aliphatic heterocycles. The molecule has 5 nitrogen and oxygen atoms in total. The van der Waals surface area contributed by atoms with Gasteiger partial charge in [0, 0.05) is 0 Å². The lowest BCUT2D eigenvalue weighted by Gasteiger charge is -2.28. The first-order valence-electron chi connectivity index (χ1n) is 5.24. The molecule has 1 aromatic heterocycles. The van der Waals surface area contributed by atoms with Crippen molar-refractivity contribution in [2.75, 3.05) is 11.5 Å². The summed E-state index contributed by atoms with van der Waals surface area (Å²) in [6.45, 7) is 0.410. The van der Waals surface area contributed by atoms with E-state index in [1.165, 1.54) is 11.3 Å². The van der Waals surface area contributed by atoms with Crippen molar-refractivity contribution in [2.24, 2.45) is 0 Å². The lowest BCUT2D eigenvalue weighted by molar-refractivity contribution is -0.121. The van der Waals surface area contributed by atoms with E-state index in [2.05, 4.69) is 10.2 Å². The van der Waals surface area contributed by atoms with Crippen molar-refractivity contribution in [2.45, 2.75) is 6.54 Å². The highest BCUT2D eigenvalue weighted by Gasteiger charge is 2.26. The predicted octanol–water partition coefficient (Wildman–Crippen LogP) is 2.12. The van der Waals surface area contributed by atoms with Gasteiger partial charge in [-0.3, -0.25) is 9.69 Å². The average molecular weight is 282 g/mol. The smallest absolute Gasteiger partial charge is 0.265 e. The van der Waals surface area contributed by atoms with Crippen molar-refractivity contribution in [3.05, 3.63) is 33.7 Å². The van der Waals surface area contributed by atoms with Crippen LogP contribution >= 0.6 is 22.9 Å². The third-order valence-electron chi connectivity index (χ3n) is 2.54. The second-order valence-electron chi connectivity index (χ2n) is 3.69. The van der Waals surface area contributed by atoms with Gasteiger partial charge in [-0.15, -0.1) is 10.2 Å². The van der Waals surface area contributed by atoms with Crippen molar-refractivity contribution in [1.29, 1.82) is 0 Å². The Morgan fingerprint density at radius 3 is 3.00 bits per heavy atom. The number of carbonyl (C=O) groups is 1. The number of carbonyl (C=O) groups excluding carboxylic acids is 1. The molecule has 1 aromatic carbocycles. The van der Waals surface area contributed by atoms with Gasteiger partial charge in [-0.1, -0.05) is 23.5 Å². The molecule has 0 atom stereocenters. The molecule has 0 spiro atoms. The molecule has 1 amide bonds. The third-order valence-corrected chi connectivity index (χ3v) is 3.55. The van der Waals surface area contributed by atoms with Gasteiger partial charge >= 0.3 is 0 Å². The van der Waals surface area contributed by atoms with Crippen LogP contribution < -0.4 is 9.64 Å². The van der Waals surface area contributed by atoms with Crippen LogP contribution in [0.15, 0.2) is 24.3 Å². The normalized spacial score (nSPS) is 14.3. The molecule has 0 fully saturated rings. The van der Waals surface area contributed by atoms with E-state index in [-0.39, 0.29) is 12.5 Å². The van der Waals surface area contributed by atoms with Crippen LogP contribution in [0.25, 0.3) is 0 Å². The fourth-order valence-corrected chi connectivity index (χ4v) is 2.62. The summed E-state index contributed by atoms with van der Waals surface area (Å²) in [4.78, 5) is 13.5. The van der Waals surface area contributed by atoms with E-state index < -0.39 is 0 Å². The molecule has 0 bridgehead atoms. The van der Waals surface area contributed by atoms with Gasteiger partial charge < -0.3 is 4.74 Å². The molecule has 3 rings (SSSR count). The van der Waals surface area contributed by atoms with Crippen LogP contribution in [0.5, 0.6) is 5.75 Å². The maximum absolute atomic E-state index is 11.9. The topological polar surface area (TPSA) is 55.3 Å². The Labute approximate surface area is 112 Å². The fourth-order valence-electron chi connectivity index (χ4n) is 1.76. The van der Waals surface area contributed by atoms with Gasteiger partial charge in [0.15, 0.2) is 6.61 Å². The Hall–Kier alpha value is -1.66. The number of hydrogen-bond acceptors (Lipinski definition) is 5. The molecular weight excluding hydrogens is 274 g/mol. The summed E-state index contributed by atoms with van der Waals surface area (Å²) in [6, 6.07) is 7.41. The number of hydrogen-bond donors (Lipinski definition) is 0. The number of benzene rings is 1. The van der Waals surface area contributed by atoms with Gasteiger partial charge in [-0.25, -0.2) is 0 Å². The number of ether oxygens (including phenoxy) is 1. The molecule has 2 heterocycles. The Bertz CT molecular complexity index is 601. The fraction of sp³-hybridized carbons (Fsp3) is 0.182. The minimum atomic E-state index is -0.0972. The maximum atomic E-state index is 11.9. The highest BCUT2D eigenvalue weighted by Crippen LogP contribution is 2.33. The zero-order valence-electron chi connectivity index (χ0n) is 9.17. The van der Waals surface area contributed by atoms with Crippen molar-refractivity contribution < 1.29 is 9.53 Å². The summed E-state index contributed by atoms with van der Waals surface area (Å²) in [5, 5.41) is 8.35. The molecule has 7 heteroatoms. The van der Waals surface area contributed by atoms with E-state index in [9.17, 15) is 4.79 Å². The second-order valence-corrected chi connectivity index (χ2v) is 5.33. The van der Waals surface area contributed by atoms with Gasteiger partial charge in [0.25, 0.3) is 5.91 Å². The van der Waals surface area contributed by atoms with Crippen molar-refractivity contribution in [3.8, 4) is 5.75 Å². The molecule has 1 aliphatic rings. The van der Waals surface area contributed by atoms with E-state index in [1.54, 1.807) is 4.90 Å². The number of halogens is 1. The SMILES string of the molecule is O=C1COc2ccccc2N1Cc1nnc(Cl)s1. The molecule has 0 saturated heterocycles. The first-order valence-corrected chi connectivity index (χ1v) is 6.43. The molecule has 0 radical (unpaired) electrons. The molecule has 92 valence electrons. The number of para-hydroxylation sites is 2. The van der Waals surface area contributed by atoms with Crippen molar-refractivity contribution >= 4 is 34.5 Å². The van der Waals surface area contributed by atoms with Crippen LogP contribution in [0.2, 0.25) is 4.47 Å². The van der Waals surface area contributed by atoms with Crippen molar-refractivity contribution in [1.82, 2.24) is 10.2 Å². The van der Waals surface area contributed by atoms with Crippen LogP contribution in [-0.2, 0) is 11.3 Å². The van der Waals surface area contributed by atoms with Gasteiger partial charge in [-0.05, 0) is 23.7 Å². The summed E-state index contributed by atoms with van der Waals surface area (Å²) in [5.41, 5.74) is 0.750. The lowest BCUT2D eigenvalue weighted by Crippen LogP contribution is -2.38. The van der Waals surface area contributed by atoms with Crippen molar-refractivity contribution in [3.63, 3.8) is 0 Å². The average Bonchev–Trinajstić information content (AvgIpc) is 2.79. The minimum Gasteiger partial charge on any atom is -0.482 e. The van der Waals surface area contributed by atoms with Gasteiger partial charge in [-0.2, -0.15) is 0 Å². The third kappa shape index (κ3) is 2.04. The molecule has 2 aromatic rings. The van der Waals surface area contributed by atoms with Gasteiger partial charge in [0.05, 0.1) is 12.2 Å². The Balaban J connectivity index is 1.93. The first kappa shape index (κ1) is 11.4. The van der Waals surface area contributed by atoms with E-state index in [1.807, 2.05) is 24.3 Å². The number of amides is 1. The standard InChI is InChI=1S/C11H8ClN3O2S/c12-11-14-13-9(18-11)5-15-7-3-1-2-4-8(7)17-6-10(15)16/h1-4H,5-6H2. The van der Waals surface area contributed by atoms with Crippen LogP contribution in [0, 0.1) is 0 Å². The molecule has 0 aliphatic carbocycles. The highest BCUT2D eigenvalue weighted by molar-refractivity contribution is 7.15. The molecule has 18 heavy (non-hydrogen) atoms. The van der Waals surface area contributed by atoms with Crippen LogP contribution in [0.4, 0.5) is 5.69 Å². The maximum Gasteiger partial charge on any atom is 0.265 e. The zero-order chi connectivity index (χ0) is 12.5. The monoisotopic (exact) mass is 281 g/mol. The molecular formula is C11H8ClN3O2S. The van der Waals surface area contributed by atoms with Gasteiger partial charge in [0.1, 0.15) is 10.8 Å². The summed E-state index contributed by atoms with van der Waals surface area (Å²) in [7, 11) is 0. The molecule has 0 unspecified atom stereocenters. The second kappa shape index (κ2) is 4.55. The van der Waals surface area contributed by atoms with E-state index >= 15 is 0 Å². The number of rotatable bonds is 2. The number of fused-ring (bicyclic) bond motifs is 1. The highest BCUT2D eigenvalue weighted by atomic mass is 35.5. The quantitative estimate of drug-likeness (QED) is 0.846. The Kier molecular flexibility index (Phi) is 2.89. The number of nitrogens with zero attached hydrogens (tertiary/aromatic N) is 3. The lowest BCUT2D eigenvalue weighted by atomic mass is 10.2.